The van der Waals surface area contributed by atoms with E-state index in [1.165, 1.54) is 50.8 Å². The molecule has 0 radical (unpaired) electrons. The maximum atomic E-state index is 4.75. The van der Waals surface area contributed by atoms with Gasteiger partial charge in [0, 0.05) is 38.5 Å². The third kappa shape index (κ3) is 8.79. The Labute approximate surface area is 182 Å². The molecular weight excluding hydrogens is 451 g/mol. The van der Waals surface area contributed by atoms with Crippen molar-refractivity contribution in [2.24, 2.45) is 4.99 Å². The summed E-state index contributed by atoms with van der Waals surface area (Å²) < 4.78 is 2.34. The number of aromatic nitrogens is 3. The van der Waals surface area contributed by atoms with Gasteiger partial charge in [-0.1, -0.05) is 32.6 Å². The zero-order chi connectivity index (χ0) is 18.6. The smallest absolute Gasteiger partial charge is 0.191 e. The molecule has 0 saturated carbocycles. The third-order valence-corrected chi connectivity index (χ3v) is 4.98. The minimum Gasteiger partial charge on any atom is -0.357 e. The second-order valence-corrected chi connectivity index (χ2v) is 7.40. The summed E-state index contributed by atoms with van der Waals surface area (Å²) in [6.07, 6.45) is 11.9. The average molecular weight is 490 g/mol. The van der Waals surface area contributed by atoms with E-state index in [2.05, 4.69) is 46.2 Å². The number of guanidine groups is 1. The van der Waals surface area contributed by atoms with Crippen LogP contribution in [0, 0.1) is 0 Å². The Morgan fingerprint density at radius 1 is 1.15 bits per heavy atom. The molecule has 1 aliphatic heterocycles. The Morgan fingerprint density at radius 2 is 2.00 bits per heavy atom. The van der Waals surface area contributed by atoms with Crippen molar-refractivity contribution in [1.82, 2.24) is 25.4 Å². The highest BCUT2D eigenvalue weighted by molar-refractivity contribution is 14.0. The lowest BCUT2D eigenvalue weighted by molar-refractivity contribution is 0.546. The first-order valence-electron chi connectivity index (χ1n) is 10.7. The van der Waals surface area contributed by atoms with Crippen molar-refractivity contribution in [1.29, 1.82) is 0 Å². The minimum absolute atomic E-state index is 0. The second kappa shape index (κ2) is 14.2. The number of hydrogen-bond acceptors (Lipinski definition) is 3. The Morgan fingerprint density at radius 3 is 2.78 bits per heavy atom. The molecule has 1 aliphatic rings. The molecule has 0 amide bonds. The van der Waals surface area contributed by atoms with Crippen LogP contribution in [0.4, 0.5) is 0 Å². The Hall–Kier alpha value is -0.860. The molecule has 7 heteroatoms. The molecule has 1 aromatic heterocycles. The van der Waals surface area contributed by atoms with Gasteiger partial charge >= 0.3 is 0 Å². The summed E-state index contributed by atoms with van der Waals surface area (Å²) in [4.78, 5) is 4.75. The first-order valence-corrected chi connectivity index (χ1v) is 10.7. The van der Waals surface area contributed by atoms with Gasteiger partial charge in [-0.2, -0.15) is 0 Å². The third-order valence-electron chi connectivity index (χ3n) is 4.98. The van der Waals surface area contributed by atoms with E-state index in [-0.39, 0.29) is 24.0 Å². The number of halogens is 1. The maximum Gasteiger partial charge on any atom is 0.191 e. The SMILES string of the molecule is CCCCCC(C)NC(=NCCCc1nnc2n1CCCCC2)NCC.I. The molecule has 1 unspecified atom stereocenters. The summed E-state index contributed by atoms with van der Waals surface area (Å²) in [7, 11) is 0. The van der Waals surface area contributed by atoms with Gasteiger partial charge in [0.15, 0.2) is 5.96 Å². The average Bonchev–Trinajstić information content (AvgIpc) is 2.85. The van der Waals surface area contributed by atoms with Crippen LogP contribution < -0.4 is 10.6 Å². The van der Waals surface area contributed by atoms with Gasteiger partial charge in [-0.25, -0.2) is 0 Å². The van der Waals surface area contributed by atoms with Crippen molar-refractivity contribution in [3.8, 4) is 0 Å². The monoisotopic (exact) mass is 490 g/mol. The van der Waals surface area contributed by atoms with Crippen LogP contribution in [0.15, 0.2) is 4.99 Å². The number of unbranched alkanes of at least 4 members (excludes halogenated alkanes) is 2. The molecule has 1 aromatic rings. The van der Waals surface area contributed by atoms with Crippen molar-refractivity contribution in [3.05, 3.63) is 11.6 Å². The normalized spacial score (nSPS) is 15.4. The number of aliphatic imine (C=N–C) groups is 1. The predicted molar refractivity (Wildman–Crippen MR) is 124 cm³/mol. The van der Waals surface area contributed by atoms with E-state index in [0.29, 0.717) is 6.04 Å². The van der Waals surface area contributed by atoms with Crippen LogP contribution in [0.2, 0.25) is 0 Å². The lowest BCUT2D eigenvalue weighted by Gasteiger charge is -2.17. The number of hydrogen-bond donors (Lipinski definition) is 2. The second-order valence-electron chi connectivity index (χ2n) is 7.40. The molecule has 156 valence electrons. The van der Waals surface area contributed by atoms with E-state index in [9.17, 15) is 0 Å². The molecule has 0 aliphatic carbocycles. The van der Waals surface area contributed by atoms with Crippen LogP contribution in [0.5, 0.6) is 0 Å². The zero-order valence-corrected chi connectivity index (χ0v) is 19.8. The fraction of sp³-hybridized carbons (Fsp3) is 0.850. The highest BCUT2D eigenvalue weighted by Gasteiger charge is 2.14. The van der Waals surface area contributed by atoms with Gasteiger partial charge in [0.1, 0.15) is 11.6 Å². The standard InChI is InChI=1S/C20H38N6.HI/c1-4-6-8-12-17(3)23-20(21-5-2)22-15-11-14-19-25-24-18-13-9-7-10-16-26(18)19;/h17H,4-16H2,1-3H3,(H2,21,22,23);1H. The van der Waals surface area contributed by atoms with Crippen LogP contribution in [0.3, 0.4) is 0 Å². The summed E-state index contributed by atoms with van der Waals surface area (Å²) in [5, 5.41) is 15.7. The predicted octanol–water partition coefficient (Wildman–Crippen LogP) is 4.08. The largest absolute Gasteiger partial charge is 0.357 e. The van der Waals surface area contributed by atoms with Crippen molar-refractivity contribution < 1.29 is 0 Å². The fourth-order valence-electron chi connectivity index (χ4n) is 3.48. The van der Waals surface area contributed by atoms with Gasteiger partial charge in [-0.3, -0.25) is 4.99 Å². The van der Waals surface area contributed by atoms with Crippen molar-refractivity contribution in [2.45, 2.75) is 97.6 Å². The molecule has 1 atom stereocenters. The van der Waals surface area contributed by atoms with E-state index >= 15 is 0 Å². The number of aryl methyl sites for hydroxylation is 2. The summed E-state index contributed by atoms with van der Waals surface area (Å²) in [5.74, 6) is 3.26. The lowest BCUT2D eigenvalue weighted by Crippen LogP contribution is -2.42. The van der Waals surface area contributed by atoms with Crippen molar-refractivity contribution in [3.63, 3.8) is 0 Å². The Bertz CT molecular complexity index is 543. The van der Waals surface area contributed by atoms with Gasteiger partial charge in [-0.05, 0) is 39.5 Å². The summed E-state index contributed by atoms with van der Waals surface area (Å²) in [6, 6.07) is 0.464. The van der Waals surface area contributed by atoms with Crippen LogP contribution in [-0.2, 0) is 19.4 Å². The van der Waals surface area contributed by atoms with Gasteiger partial charge in [0.2, 0.25) is 0 Å². The van der Waals surface area contributed by atoms with Gasteiger partial charge < -0.3 is 15.2 Å². The quantitative estimate of drug-likeness (QED) is 0.225. The highest BCUT2D eigenvalue weighted by atomic mass is 127. The number of rotatable bonds is 10. The lowest BCUT2D eigenvalue weighted by atomic mass is 10.1. The van der Waals surface area contributed by atoms with Gasteiger partial charge in [0.05, 0.1) is 0 Å². The van der Waals surface area contributed by atoms with Crippen LogP contribution in [-0.4, -0.2) is 39.9 Å². The number of nitrogens with one attached hydrogen (secondary N) is 2. The van der Waals surface area contributed by atoms with E-state index in [4.69, 9.17) is 4.99 Å². The minimum atomic E-state index is 0. The van der Waals surface area contributed by atoms with E-state index in [0.717, 1.165) is 50.7 Å². The highest BCUT2D eigenvalue weighted by Crippen LogP contribution is 2.15. The molecular formula is C20H39IN6. The van der Waals surface area contributed by atoms with Crippen molar-refractivity contribution in [2.75, 3.05) is 13.1 Å². The summed E-state index contributed by atoms with van der Waals surface area (Å²) in [6.45, 7) is 9.40. The van der Waals surface area contributed by atoms with Crippen LogP contribution in [0.1, 0.15) is 83.8 Å². The zero-order valence-electron chi connectivity index (χ0n) is 17.5. The first-order chi connectivity index (χ1) is 12.7. The van der Waals surface area contributed by atoms with E-state index < -0.39 is 0 Å². The summed E-state index contributed by atoms with van der Waals surface area (Å²) >= 11 is 0. The molecule has 2 rings (SSSR count). The number of nitrogens with zero attached hydrogens (tertiary/aromatic N) is 4. The summed E-state index contributed by atoms with van der Waals surface area (Å²) in [5.41, 5.74) is 0. The van der Waals surface area contributed by atoms with E-state index in [1.54, 1.807) is 0 Å². The molecule has 0 spiro atoms. The maximum absolute atomic E-state index is 4.75. The molecule has 2 heterocycles. The molecule has 2 N–H and O–H groups in total. The number of fused-ring (bicyclic) bond motifs is 1. The molecule has 0 saturated heterocycles. The molecule has 0 fully saturated rings. The molecule has 6 nitrogen and oxygen atoms in total. The fourth-order valence-corrected chi connectivity index (χ4v) is 3.48. The van der Waals surface area contributed by atoms with Crippen LogP contribution >= 0.6 is 24.0 Å². The first kappa shape index (κ1) is 24.2. The van der Waals surface area contributed by atoms with Crippen LogP contribution in [0.25, 0.3) is 0 Å². The topological polar surface area (TPSA) is 67.1 Å². The van der Waals surface area contributed by atoms with Crippen molar-refractivity contribution >= 4 is 29.9 Å². The van der Waals surface area contributed by atoms with E-state index in [1.807, 2.05) is 0 Å². The Balaban J connectivity index is 0.00000364. The molecule has 27 heavy (non-hydrogen) atoms. The molecule has 0 bridgehead atoms. The van der Waals surface area contributed by atoms with Gasteiger partial charge in [-0.15, -0.1) is 34.2 Å². The Kier molecular flexibility index (Phi) is 12.7. The molecule has 0 aromatic carbocycles. The van der Waals surface area contributed by atoms with Gasteiger partial charge in [0.25, 0.3) is 0 Å².